The molecule has 19 heavy (non-hydrogen) atoms. The summed E-state index contributed by atoms with van der Waals surface area (Å²) in [5.74, 6) is 0. The minimum absolute atomic E-state index is 0.237. The van der Waals surface area contributed by atoms with Gasteiger partial charge in [-0.05, 0) is 12.1 Å². The first kappa shape index (κ1) is 10.4. The van der Waals surface area contributed by atoms with Crippen LogP contribution >= 0.6 is 0 Å². The summed E-state index contributed by atoms with van der Waals surface area (Å²) in [4.78, 5) is 4.56. The maximum atomic E-state index is 4.56. The predicted octanol–water partition coefficient (Wildman–Crippen LogP) is 2.99. The highest BCUT2D eigenvalue weighted by Gasteiger charge is 2.35. The minimum Gasteiger partial charge on any atom is -0.256 e. The van der Waals surface area contributed by atoms with Gasteiger partial charge in [0, 0.05) is 29.5 Å². The second kappa shape index (κ2) is 4.02. The van der Waals surface area contributed by atoms with E-state index in [1.54, 1.807) is 0 Å². The molecule has 2 heterocycles. The first-order chi connectivity index (χ1) is 9.45. The molecule has 2 nitrogen and oxygen atoms in total. The Morgan fingerprint density at radius 3 is 2.47 bits per heavy atom. The smallest absolute Gasteiger partial charge is 0.211 e. The number of aromatic nitrogens is 2. The summed E-state index contributed by atoms with van der Waals surface area (Å²) in [6.45, 7) is 0. The molecule has 0 spiro atoms. The number of nitrogens with zero attached hydrogens (tertiary/aromatic N) is 2. The molecular weight excluding hydrogens is 232 g/mol. The van der Waals surface area contributed by atoms with E-state index in [-0.39, 0.29) is 6.04 Å². The number of rotatable bonds is 1. The fourth-order valence-corrected chi connectivity index (χ4v) is 2.89. The third kappa shape index (κ3) is 1.50. The van der Waals surface area contributed by atoms with Crippen molar-refractivity contribution >= 4 is 0 Å². The van der Waals surface area contributed by atoms with Gasteiger partial charge in [0.25, 0.3) is 0 Å². The molecule has 0 saturated heterocycles. The van der Waals surface area contributed by atoms with Crippen LogP contribution in [0.3, 0.4) is 0 Å². The summed E-state index contributed by atoms with van der Waals surface area (Å²) >= 11 is 0. The molecule has 1 aliphatic rings. The van der Waals surface area contributed by atoms with Gasteiger partial charge < -0.3 is 0 Å². The Labute approximate surface area is 112 Å². The lowest BCUT2D eigenvalue weighted by molar-refractivity contribution is -0.704. The summed E-state index contributed by atoms with van der Waals surface area (Å²) in [5, 5.41) is 0. The van der Waals surface area contributed by atoms with Crippen LogP contribution in [0.2, 0.25) is 0 Å². The predicted molar refractivity (Wildman–Crippen MR) is 73.6 cm³/mol. The van der Waals surface area contributed by atoms with Gasteiger partial charge in [0.1, 0.15) is 0 Å². The van der Waals surface area contributed by atoms with Crippen molar-refractivity contribution in [3.8, 4) is 11.3 Å². The van der Waals surface area contributed by atoms with Crippen LogP contribution in [0.5, 0.6) is 0 Å². The fraction of sp³-hybridized carbons (Fsp3) is 0.0588. The Morgan fingerprint density at radius 2 is 1.58 bits per heavy atom. The Kier molecular flexibility index (Phi) is 2.21. The summed E-state index contributed by atoms with van der Waals surface area (Å²) in [7, 11) is 0. The molecule has 0 fully saturated rings. The van der Waals surface area contributed by atoms with E-state index in [1.807, 2.05) is 18.3 Å². The molecule has 0 bridgehead atoms. The van der Waals surface area contributed by atoms with Crippen molar-refractivity contribution in [1.29, 1.82) is 0 Å². The van der Waals surface area contributed by atoms with E-state index in [0.717, 1.165) is 5.69 Å². The molecule has 0 aliphatic heterocycles. The molecule has 0 N–H and O–H groups in total. The molecule has 0 amide bonds. The minimum atomic E-state index is 0.237. The van der Waals surface area contributed by atoms with Crippen molar-refractivity contribution < 1.29 is 4.57 Å². The van der Waals surface area contributed by atoms with Crippen LogP contribution < -0.4 is 4.57 Å². The summed E-state index contributed by atoms with van der Waals surface area (Å²) < 4.78 is 2.24. The first-order valence-electron chi connectivity index (χ1n) is 6.45. The molecule has 4 rings (SSSR count). The molecule has 1 aliphatic carbocycles. The molecule has 90 valence electrons. The Balaban J connectivity index is 2.02. The highest BCUT2D eigenvalue weighted by Crippen LogP contribution is 2.41. The Morgan fingerprint density at radius 1 is 0.789 bits per heavy atom. The van der Waals surface area contributed by atoms with Gasteiger partial charge in [-0.1, -0.05) is 30.3 Å². The van der Waals surface area contributed by atoms with E-state index in [9.17, 15) is 0 Å². The SMILES string of the molecule is c1cc[n+](C2c3ccccc3-c3ncccc32)cc1. The average Bonchev–Trinajstić information content (AvgIpc) is 2.83. The molecule has 1 atom stereocenters. The van der Waals surface area contributed by atoms with Crippen LogP contribution in [0, 0.1) is 0 Å². The quantitative estimate of drug-likeness (QED) is 0.471. The zero-order valence-electron chi connectivity index (χ0n) is 10.4. The van der Waals surface area contributed by atoms with Gasteiger partial charge in [0.05, 0.1) is 11.3 Å². The van der Waals surface area contributed by atoms with Crippen molar-refractivity contribution in [3.63, 3.8) is 0 Å². The average molecular weight is 245 g/mol. The molecule has 3 aromatic rings. The highest BCUT2D eigenvalue weighted by atomic mass is 15.0. The van der Waals surface area contributed by atoms with E-state index in [0.29, 0.717) is 0 Å². The lowest BCUT2D eigenvalue weighted by Crippen LogP contribution is -2.38. The highest BCUT2D eigenvalue weighted by molar-refractivity contribution is 5.74. The van der Waals surface area contributed by atoms with E-state index < -0.39 is 0 Å². The van der Waals surface area contributed by atoms with Crippen molar-refractivity contribution in [2.75, 3.05) is 0 Å². The van der Waals surface area contributed by atoms with Crippen LogP contribution in [0.15, 0.2) is 73.2 Å². The van der Waals surface area contributed by atoms with E-state index in [2.05, 4.69) is 64.4 Å². The van der Waals surface area contributed by atoms with Gasteiger partial charge in [-0.2, -0.15) is 4.57 Å². The number of benzene rings is 1. The lowest BCUT2D eigenvalue weighted by Gasteiger charge is -2.07. The molecule has 0 radical (unpaired) electrons. The maximum Gasteiger partial charge on any atom is 0.211 e. The van der Waals surface area contributed by atoms with E-state index in [1.165, 1.54) is 16.7 Å². The van der Waals surface area contributed by atoms with Gasteiger partial charge in [-0.25, -0.2) is 0 Å². The van der Waals surface area contributed by atoms with Crippen LogP contribution in [0.25, 0.3) is 11.3 Å². The summed E-state index contributed by atoms with van der Waals surface area (Å²) in [6, 6.07) is 19.1. The van der Waals surface area contributed by atoms with Crippen LogP contribution in [-0.4, -0.2) is 4.98 Å². The van der Waals surface area contributed by atoms with Crippen LogP contribution in [0.1, 0.15) is 17.2 Å². The number of pyridine rings is 2. The lowest BCUT2D eigenvalue weighted by atomic mass is 10.1. The second-order valence-corrected chi connectivity index (χ2v) is 4.75. The van der Waals surface area contributed by atoms with Crippen LogP contribution in [0.4, 0.5) is 0 Å². The van der Waals surface area contributed by atoms with Crippen molar-refractivity contribution in [3.05, 3.63) is 84.3 Å². The second-order valence-electron chi connectivity index (χ2n) is 4.75. The van der Waals surface area contributed by atoms with E-state index in [4.69, 9.17) is 0 Å². The van der Waals surface area contributed by atoms with Crippen molar-refractivity contribution in [2.45, 2.75) is 6.04 Å². The molecular formula is C17H13N2+. The normalized spacial score (nSPS) is 15.9. The van der Waals surface area contributed by atoms with Gasteiger partial charge in [-0.3, -0.25) is 4.98 Å². The van der Waals surface area contributed by atoms with Gasteiger partial charge in [-0.15, -0.1) is 0 Å². The molecule has 1 aromatic carbocycles. The molecule has 2 aromatic heterocycles. The molecule has 0 saturated carbocycles. The topological polar surface area (TPSA) is 16.8 Å². The Bertz CT molecular complexity index is 690. The molecule has 1 unspecified atom stereocenters. The Hall–Kier alpha value is -2.48. The van der Waals surface area contributed by atoms with Gasteiger partial charge in [0.2, 0.25) is 6.04 Å². The van der Waals surface area contributed by atoms with Crippen molar-refractivity contribution in [2.24, 2.45) is 0 Å². The van der Waals surface area contributed by atoms with Crippen LogP contribution in [-0.2, 0) is 0 Å². The number of hydrogen-bond acceptors (Lipinski definition) is 1. The number of fused-ring (bicyclic) bond motifs is 3. The zero-order chi connectivity index (χ0) is 12.7. The summed E-state index contributed by atoms with van der Waals surface area (Å²) in [6.07, 6.45) is 6.10. The first-order valence-corrected chi connectivity index (χ1v) is 6.45. The molecule has 2 heteroatoms. The summed E-state index contributed by atoms with van der Waals surface area (Å²) in [5.41, 5.74) is 4.96. The van der Waals surface area contributed by atoms with Gasteiger partial charge in [0.15, 0.2) is 12.4 Å². The van der Waals surface area contributed by atoms with Gasteiger partial charge >= 0.3 is 0 Å². The standard InChI is InChI=1S/C17H13N2/c1-4-11-19(12-5-1)17-14-8-3-2-7-13(14)16-15(17)9-6-10-18-16/h1-12,17H/q+1. The zero-order valence-corrected chi connectivity index (χ0v) is 10.4. The fourth-order valence-electron chi connectivity index (χ4n) is 2.89. The number of hydrogen-bond donors (Lipinski definition) is 0. The maximum absolute atomic E-state index is 4.56. The van der Waals surface area contributed by atoms with Crippen molar-refractivity contribution in [1.82, 2.24) is 4.98 Å². The third-order valence-electron chi connectivity index (χ3n) is 3.68. The van der Waals surface area contributed by atoms with E-state index >= 15 is 0 Å². The monoisotopic (exact) mass is 245 g/mol. The third-order valence-corrected chi connectivity index (χ3v) is 3.68. The largest absolute Gasteiger partial charge is 0.256 e.